The molecule has 0 bridgehead atoms. The average Bonchev–Trinajstić information content (AvgIpc) is 2.67. The second-order valence-electron chi connectivity index (χ2n) is 6.32. The second kappa shape index (κ2) is 8.96. The smallest absolute Gasteiger partial charge is 0.229 e. The van der Waals surface area contributed by atoms with Gasteiger partial charge < -0.3 is 5.32 Å². The number of carbonyl (C=O) groups excluding carboxylic acids is 2. The van der Waals surface area contributed by atoms with Crippen molar-refractivity contribution in [3.63, 3.8) is 0 Å². The third kappa shape index (κ3) is 4.96. The number of amides is 2. The Morgan fingerprint density at radius 1 is 1.03 bits per heavy atom. The number of nitrogens with zero attached hydrogens (tertiary/aromatic N) is 2. The zero-order chi connectivity index (χ0) is 21.8. The minimum Gasteiger partial charge on any atom is -0.326 e. The van der Waals surface area contributed by atoms with Gasteiger partial charge in [0, 0.05) is 36.0 Å². The van der Waals surface area contributed by atoms with Gasteiger partial charge >= 0.3 is 0 Å². The van der Waals surface area contributed by atoms with Crippen molar-refractivity contribution in [1.82, 2.24) is 4.98 Å². The third-order valence-corrected chi connectivity index (χ3v) is 4.45. The molecule has 3 aromatic rings. The molecule has 9 heteroatoms. The number of anilines is 3. The van der Waals surface area contributed by atoms with Crippen molar-refractivity contribution in [2.24, 2.45) is 0 Å². The maximum atomic E-state index is 13.6. The summed E-state index contributed by atoms with van der Waals surface area (Å²) in [7, 11) is 0. The Bertz CT molecular complexity index is 1120. The Morgan fingerprint density at radius 3 is 2.47 bits per heavy atom. The van der Waals surface area contributed by atoms with E-state index in [-0.39, 0.29) is 22.9 Å². The first kappa shape index (κ1) is 21.3. The van der Waals surface area contributed by atoms with Crippen molar-refractivity contribution < 1.29 is 22.8 Å². The fourth-order valence-electron chi connectivity index (χ4n) is 2.76. The van der Waals surface area contributed by atoms with Gasteiger partial charge in [0.15, 0.2) is 11.6 Å². The van der Waals surface area contributed by atoms with E-state index in [9.17, 15) is 22.8 Å². The van der Waals surface area contributed by atoms with Gasteiger partial charge in [-0.2, -0.15) is 0 Å². The van der Waals surface area contributed by atoms with E-state index in [2.05, 4.69) is 10.3 Å². The molecule has 1 aromatic heterocycles. The van der Waals surface area contributed by atoms with Crippen molar-refractivity contribution in [1.29, 1.82) is 0 Å². The molecule has 0 aliphatic carbocycles. The lowest BCUT2D eigenvalue weighted by Gasteiger charge is -2.21. The van der Waals surface area contributed by atoms with E-state index in [0.717, 1.165) is 23.1 Å². The molecule has 0 radical (unpaired) electrons. The summed E-state index contributed by atoms with van der Waals surface area (Å²) < 4.78 is 40.0. The maximum absolute atomic E-state index is 13.6. The molecule has 30 heavy (non-hydrogen) atoms. The molecular formula is C21H15ClF3N3O2. The Balaban J connectivity index is 1.82. The molecule has 2 amide bonds. The first-order valence-electron chi connectivity index (χ1n) is 8.70. The molecule has 154 valence electrons. The van der Waals surface area contributed by atoms with Gasteiger partial charge in [-0.3, -0.25) is 14.5 Å². The fraction of sp³-hybridized carbons (Fsp3) is 0.0952. The van der Waals surface area contributed by atoms with Crippen LogP contribution in [0.2, 0.25) is 5.02 Å². The molecule has 1 heterocycles. The highest BCUT2D eigenvalue weighted by Crippen LogP contribution is 2.27. The van der Waals surface area contributed by atoms with Crippen molar-refractivity contribution in [2.75, 3.05) is 10.2 Å². The number of hydrogen-bond donors (Lipinski definition) is 1. The molecule has 0 spiro atoms. The average molecular weight is 434 g/mol. The molecule has 0 atom stereocenters. The number of nitrogens with one attached hydrogen (secondary N) is 1. The molecular weight excluding hydrogens is 419 g/mol. The van der Waals surface area contributed by atoms with Gasteiger partial charge in [-0.05, 0) is 35.9 Å². The number of halogens is 4. The molecule has 0 saturated heterocycles. The zero-order valence-electron chi connectivity index (χ0n) is 15.6. The fourth-order valence-corrected chi connectivity index (χ4v) is 3.00. The molecule has 3 rings (SSSR count). The third-order valence-electron chi connectivity index (χ3n) is 4.10. The number of hydrogen-bond acceptors (Lipinski definition) is 3. The molecule has 0 fully saturated rings. The minimum absolute atomic E-state index is 0.0791. The lowest BCUT2D eigenvalue weighted by Crippen LogP contribution is -2.24. The quantitative estimate of drug-likeness (QED) is 0.614. The van der Waals surface area contributed by atoms with Gasteiger partial charge in [0.1, 0.15) is 11.6 Å². The second-order valence-corrected chi connectivity index (χ2v) is 6.72. The number of aromatic nitrogens is 1. The van der Waals surface area contributed by atoms with Crippen LogP contribution in [-0.2, 0) is 16.0 Å². The Hall–Kier alpha value is -3.39. The van der Waals surface area contributed by atoms with Crippen molar-refractivity contribution in [2.45, 2.75) is 13.3 Å². The highest BCUT2D eigenvalue weighted by molar-refractivity contribution is 6.31. The topological polar surface area (TPSA) is 62.3 Å². The van der Waals surface area contributed by atoms with E-state index in [4.69, 9.17) is 11.6 Å². The van der Waals surface area contributed by atoms with E-state index in [1.54, 1.807) is 0 Å². The number of benzene rings is 2. The van der Waals surface area contributed by atoms with Gasteiger partial charge in [0.2, 0.25) is 11.8 Å². The van der Waals surface area contributed by atoms with E-state index in [0.29, 0.717) is 11.3 Å². The molecule has 1 N–H and O–H groups in total. The molecule has 0 aliphatic rings. The largest absolute Gasteiger partial charge is 0.326 e. The van der Waals surface area contributed by atoms with Crippen LogP contribution >= 0.6 is 11.6 Å². The van der Waals surface area contributed by atoms with Crippen LogP contribution in [0.25, 0.3) is 0 Å². The summed E-state index contributed by atoms with van der Waals surface area (Å²) in [6.45, 7) is 1.24. The summed E-state index contributed by atoms with van der Waals surface area (Å²) >= 11 is 5.94. The molecule has 2 aromatic carbocycles. The maximum Gasteiger partial charge on any atom is 0.229 e. The van der Waals surface area contributed by atoms with Crippen LogP contribution in [0.15, 0.2) is 54.7 Å². The first-order chi connectivity index (χ1) is 14.2. The summed E-state index contributed by atoms with van der Waals surface area (Å²) in [5.74, 6) is -3.48. The van der Waals surface area contributed by atoms with Crippen LogP contribution in [0.4, 0.5) is 30.4 Å². The lowest BCUT2D eigenvalue weighted by atomic mass is 10.1. The van der Waals surface area contributed by atoms with Crippen molar-refractivity contribution in [3.8, 4) is 0 Å². The molecule has 0 saturated carbocycles. The summed E-state index contributed by atoms with van der Waals surface area (Å²) in [6, 6.07) is 9.65. The number of pyridine rings is 1. The minimum atomic E-state index is -1.11. The predicted octanol–water partition coefficient (Wildman–Crippen LogP) is 5.02. The van der Waals surface area contributed by atoms with Crippen LogP contribution in [0.3, 0.4) is 0 Å². The predicted molar refractivity (Wildman–Crippen MR) is 107 cm³/mol. The summed E-state index contributed by atoms with van der Waals surface area (Å²) in [4.78, 5) is 29.6. The Labute approximate surface area is 175 Å². The Morgan fingerprint density at radius 2 is 1.80 bits per heavy atom. The molecule has 0 aliphatic heterocycles. The van der Waals surface area contributed by atoms with E-state index < -0.39 is 29.3 Å². The summed E-state index contributed by atoms with van der Waals surface area (Å²) in [6.07, 6.45) is 1.25. The van der Waals surface area contributed by atoms with Gasteiger partial charge in [-0.25, -0.2) is 18.2 Å². The molecule has 0 unspecified atom stereocenters. The summed E-state index contributed by atoms with van der Waals surface area (Å²) in [5, 5.41) is 2.76. The van der Waals surface area contributed by atoms with E-state index in [1.807, 2.05) is 0 Å². The monoisotopic (exact) mass is 433 g/mol. The van der Waals surface area contributed by atoms with Gasteiger partial charge in [0.05, 0.1) is 12.1 Å². The van der Waals surface area contributed by atoms with E-state index in [1.165, 1.54) is 43.5 Å². The van der Waals surface area contributed by atoms with Crippen LogP contribution < -0.4 is 10.2 Å². The standard InChI is InChI=1S/C21H15ClF3N3O2/c1-12(29)28(16-4-5-18(24)19(25)11-16)20-10-15(6-7-26-20)27-21(30)8-13-2-3-14(23)9-17(13)22/h2-7,9-11H,8H2,1H3,(H,26,27,30). The molecule has 5 nitrogen and oxygen atoms in total. The summed E-state index contributed by atoms with van der Waals surface area (Å²) in [5.41, 5.74) is 0.838. The lowest BCUT2D eigenvalue weighted by molar-refractivity contribution is -0.116. The van der Waals surface area contributed by atoms with E-state index >= 15 is 0 Å². The highest BCUT2D eigenvalue weighted by atomic mass is 35.5. The number of carbonyl (C=O) groups is 2. The van der Waals surface area contributed by atoms with Crippen LogP contribution in [0, 0.1) is 17.5 Å². The zero-order valence-corrected chi connectivity index (χ0v) is 16.4. The van der Waals surface area contributed by atoms with Crippen LogP contribution in [0.5, 0.6) is 0 Å². The van der Waals surface area contributed by atoms with Gasteiger partial charge in [0.25, 0.3) is 0 Å². The normalized spacial score (nSPS) is 10.6. The van der Waals surface area contributed by atoms with Crippen molar-refractivity contribution >= 4 is 40.6 Å². The first-order valence-corrected chi connectivity index (χ1v) is 9.08. The van der Waals surface area contributed by atoms with Gasteiger partial charge in [-0.1, -0.05) is 17.7 Å². The number of rotatable bonds is 5. The van der Waals surface area contributed by atoms with Crippen LogP contribution in [-0.4, -0.2) is 16.8 Å². The van der Waals surface area contributed by atoms with Crippen LogP contribution in [0.1, 0.15) is 12.5 Å². The SMILES string of the molecule is CC(=O)N(c1ccc(F)c(F)c1)c1cc(NC(=O)Cc2ccc(F)cc2Cl)ccn1. The Kier molecular flexibility index (Phi) is 6.37. The van der Waals surface area contributed by atoms with Gasteiger partial charge in [-0.15, -0.1) is 0 Å². The van der Waals surface area contributed by atoms with Crippen molar-refractivity contribution in [3.05, 3.63) is 82.8 Å². The highest BCUT2D eigenvalue weighted by Gasteiger charge is 2.18.